The van der Waals surface area contributed by atoms with Crippen LogP contribution in [0.25, 0.3) is 5.57 Å². The van der Waals surface area contributed by atoms with Gasteiger partial charge in [0.2, 0.25) is 0 Å². The molecule has 46 valence electrons. The summed E-state index contributed by atoms with van der Waals surface area (Å²) in [6, 6.07) is 1.78. The van der Waals surface area contributed by atoms with Gasteiger partial charge in [0.15, 0.2) is 5.82 Å². The van der Waals surface area contributed by atoms with E-state index >= 15 is 0 Å². The molecule has 2 nitrogen and oxygen atoms in total. The third kappa shape index (κ3) is 1.35. The second kappa shape index (κ2) is 2.40. The van der Waals surface area contributed by atoms with Gasteiger partial charge in [0, 0.05) is 12.4 Å². The lowest BCUT2D eigenvalue weighted by molar-refractivity contribution is 1.11. The number of nitrogens with zero attached hydrogens (tertiary/aromatic N) is 2. The first-order chi connectivity index (χ1) is 4.30. The van der Waals surface area contributed by atoms with Crippen molar-refractivity contribution in [2.45, 2.75) is 6.92 Å². The Morgan fingerprint density at radius 2 is 2.00 bits per heavy atom. The highest BCUT2D eigenvalue weighted by molar-refractivity contribution is 5.53. The average molecular weight is 120 g/mol. The summed E-state index contributed by atoms with van der Waals surface area (Å²) in [7, 11) is 0. The SMILES string of the molecule is C=C(C)c1ncccn1. The maximum atomic E-state index is 3.97. The van der Waals surface area contributed by atoms with Gasteiger partial charge in [0.25, 0.3) is 0 Å². The van der Waals surface area contributed by atoms with Gasteiger partial charge < -0.3 is 0 Å². The van der Waals surface area contributed by atoms with E-state index in [-0.39, 0.29) is 0 Å². The van der Waals surface area contributed by atoms with Crippen molar-refractivity contribution in [1.29, 1.82) is 0 Å². The molecule has 0 radical (unpaired) electrons. The lowest BCUT2D eigenvalue weighted by atomic mass is 10.3. The molecular weight excluding hydrogens is 112 g/mol. The van der Waals surface area contributed by atoms with Gasteiger partial charge in [-0.2, -0.15) is 0 Å². The highest BCUT2D eigenvalue weighted by atomic mass is 14.8. The molecule has 0 N–H and O–H groups in total. The molecule has 2 heteroatoms. The van der Waals surface area contributed by atoms with Gasteiger partial charge in [-0.3, -0.25) is 0 Å². The van der Waals surface area contributed by atoms with E-state index in [0.29, 0.717) is 0 Å². The van der Waals surface area contributed by atoms with Crippen molar-refractivity contribution in [2.75, 3.05) is 0 Å². The third-order valence-corrected chi connectivity index (χ3v) is 0.947. The van der Waals surface area contributed by atoms with Crippen LogP contribution in [0, 0.1) is 0 Å². The summed E-state index contributed by atoms with van der Waals surface area (Å²) in [5.41, 5.74) is 0.899. The van der Waals surface area contributed by atoms with Crippen LogP contribution in [-0.4, -0.2) is 9.97 Å². The number of hydrogen-bond donors (Lipinski definition) is 0. The highest BCUT2D eigenvalue weighted by Gasteiger charge is 1.90. The minimum atomic E-state index is 0.720. The Balaban J connectivity index is 2.98. The Bertz CT molecular complexity index is 203. The monoisotopic (exact) mass is 120 g/mol. The Labute approximate surface area is 54.3 Å². The van der Waals surface area contributed by atoms with Crippen molar-refractivity contribution in [1.82, 2.24) is 9.97 Å². The molecule has 0 aromatic carbocycles. The van der Waals surface area contributed by atoms with E-state index in [4.69, 9.17) is 0 Å². The predicted molar refractivity (Wildman–Crippen MR) is 36.7 cm³/mol. The fourth-order valence-electron chi connectivity index (χ4n) is 0.519. The summed E-state index contributed by atoms with van der Waals surface area (Å²) in [6.07, 6.45) is 3.41. The van der Waals surface area contributed by atoms with Crippen LogP contribution in [0.15, 0.2) is 25.0 Å². The Morgan fingerprint density at radius 1 is 1.44 bits per heavy atom. The van der Waals surface area contributed by atoms with Crippen molar-refractivity contribution in [3.05, 3.63) is 30.9 Å². The second-order valence-electron chi connectivity index (χ2n) is 1.85. The van der Waals surface area contributed by atoms with Gasteiger partial charge in [0.1, 0.15) is 0 Å². The van der Waals surface area contributed by atoms with Gasteiger partial charge >= 0.3 is 0 Å². The van der Waals surface area contributed by atoms with Gasteiger partial charge in [-0.25, -0.2) is 9.97 Å². The molecule has 1 aromatic rings. The Hall–Kier alpha value is -1.18. The maximum absolute atomic E-state index is 3.97. The van der Waals surface area contributed by atoms with E-state index in [0.717, 1.165) is 11.4 Å². The standard InChI is InChI=1S/C7H8N2/c1-6(2)7-8-4-3-5-9-7/h3-5H,1H2,2H3. The molecule has 0 atom stereocenters. The lowest BCUT2D eigenvalue weighted by Crippen LogP contribution is -1.86. The van der Waals surface area contributed by atoms with E-state index in [1.54, 1.807) is 18.5 Å². The molecule has 0 saturated carbocycles. The van der Waals surface area contributed by atoms with Gasteiger partial charge in [-0.05, 0) is 18.6 Å². The minimum Gasteiger partial charge on any atom is -0.237 e. The molecule has 0 aliphatic heterocycles. The average Bonchev–Trinajstić information content (AvgIpc) is 1.90. The maximum Gasteiger partial charge on any atom is 0.154 e. The molecule has 1 rings (SSSR count). The smallest absolute Gasteiger partial charge is 0.154 e. The van der Waals surface area contributed by atoms with Gasteiger partial charge in [-0.1, -0.05) is 6.58 Å². The number of rotatable bonds is 1. The van der Waals surface area contributed by atoms with E-state index in [1.807, 2.05) is 6.92 Å². The normalized spacial score (nSPS) is 9.00. The summed E-state index contributed by atoms with van der Waals surface area (Å²) in [5.74, 6) is 0.720. The van der Waals surface area contributed by atoms with E-state index in [9.17, 15) is 0 Å². The van der Waals surface area contributed by atoms with Crippen LogP contribution in [0.1, 0.15) is 12.7 Å². The quantitative estimate of drug-likeness (QED) is 0.561. The summed E-state index contributed by atoms with van der Waals surface area (Å²) in [6.45, 7) is 5.58. The molecule has 0 amide bonds. The Morgan fingerprint density at radius 3 is 2.33 bits per heavy atom. The van der Waals surface area contributed by atoms with Crippen LogP contribution in [-0.2, 0) is 0 Å². The van der Waals surface area contributed by atoms with Gasteiger partial charge in [0.05, 0.1) is 0 Å². The highest BCUT2D eigenvalue weighted by Crippen LogP contribution is 2.00. The first-order valence-corrected chi connectivity index (χ1v) is 2.73. The van der Waals surface area contributed by atoms with E-state index in [1.165, 1.54) is 0 Å². The largest absolute Gasteiger partial charge is 0.237 e. The molecule has 0 saturated heterocycles. The zero-order valence-corrected chi connectivity index (χ0v) is 5.33. The fraction of sp³-hybridized carbons (Fsp3) is 0.143. The number of hydrogen-bond acceptors (Lipinski definition) is 2. The van der Waals surface area contributed by atoms with Crippen molar-refractivity contribution < 1.29 is 0 Å². The van der Waals surface area contributed by atoms with Crippen molar-refractivity contribution in [3.63, 3.8) is 0 Å². The van der Waals surface area contributed by atoms with Crippen molar-refractivity contribution in [2.24, 2.45) is 0 Å². The molecule has 1 aromatic heterocycles. The van der Waals surface area contributed by atoms with Crippen LogP contribution in [0.5, 0.6) is 0 Å². The summed E-state index contributed by atoms with van der Waals surface area (Å²) in [5, 5.41) is 0. The first kappa shape index (κ1) is 5.95. The van der Waals surface area contributed by atoms with Gasteiger partial charge in [-0.15, -0.1) is 0 Å². The second-order valence-corrected chi connectivity index (χ2v) is 1.85. The summed E-state index contributed by atoms with van der Waals surface area (Å²) < 4.78 is 0. The Kier molecular flexibility index (Phi) is 1.58. The van der Waals surface area contributed by atoms with E-state index in [2.05, 4.69) is 16.5 Å². The molecule has 1 heterocycles. The topological polar surface area (TPSA) is 25.8 Å². The van der Waals surface area contributed by atoms with Crippen molar-refractivity contribution in [3.8, 4) is 0 Å². The molecule has 0 aliphatic carbocycles. The molecule has 0 spiro atoms. The van der Waals surface area contributed by atoms with E-state index < -0.39 is 0 Å². The molecule has 0 fully saturated rings. The molecule has 0 aliphatic rings. The fourth-order valence-corrected chi connectivity index (χ4v) is 0.519. The van der Waals surface area contributed by atoms with Crippen LogP contribution in [0.2, 0.25) is 0 Å². The first-order valence-electron chi connectivity index (χ1n) is 2.73. The molecule has 9 heavy (non-hydrogen) atoms. The zero-order valence-electron chi connectivity index (χ0n) is 5.33. The van der Waals surface area contributed by atoms with Crippen LogP contribution in [0.3, 0.4) is 0 Å². The third-order valence-electron chi connectivity index (χ3n) is 0.947. The minimum absolute atomic E-state index is 0.720. The van der Waals surface area contributed by atoms with Crippen LogP contribution < -0.4 is 0 Å². The van der Waals surface area contributed by atoms with Crippen molar-refractivity contribution >= 4 is 5.57 Å². The number of aromatic nitrogens is 2. The van der Waals surface area contributed by atoms with Crippen LogP contribution >= 0.6 is 0 Å². The summed E-state index contributed by atoms with van der Waals surface area (Å²) >= 11 is 0. The summed E-state index contributed by atoms with van der Waals surface area (Å²) in [4.78, 5) is 7.94. The molecule has 0 bridgehead atoms. The number of allylic oxidation sites excluding steroid dienone is 1. The zero-order chi connectivity index (χ0) is 6.69. The lowest BCUT2D eigenvalue weighted by Gasteiger charge is -1.92. The molecular formula is C7H8N2. The predicted octanol–water partition coefficient (Wildman–Crippen LogP) is 1.51. The van der Waals surface area contributed by atoms with Crippen LogP contribution in [0.4, 0.5) is 0 Å². The molecule has 0 unspecified atom stereocenters.